The van der Waals surface area contributed by atoms with Crippen molar-refractivity contribution in [2.24, 2.45) is 0 Å². The van der Waals surface area contributed by atoms with Crippen molar-refractivity contribution in [2.45, 2.75) is 13.0 Å². The van der Waals surface area contributed by atoms with Crippen LogP contribution in [-0.2, 0) is 0 Å². The molecule has 6 heteroatoms. The fourth-order valence-electron chi connectivity index (χ4n) is 1.70. The summed E-state index contributed by atoms with van der Waals surface area (Å²) in [4.78, 5) is 0. The summed E-state index contributed by atoms with van der Waals surface area (Å²) in [6.07, 6.45) is 0. The fraction of sp³-hybridized carbons (Fsp3) is 0.231. The Kier molecular flexibility index (Phi) is 5.01. The molecule has 0 aliphatic rings. The van der Waals surface area contributed by atoms with Crippen LogP contribution in [0.15, 0.2) is 28.7 Å². The lowest BCUT2D eigenvalue weighted by atomic mass is 10.1. The van der Waals surface area contributed by atoms with Gasteiger partial charge in [0.2, 0.25) is 0 Å². The zero-order chi connectivity index (χ0) is 14.0. The average molecular weight is 381 g/mol. The third-order valence-electron chi connectivity index (χ3n) is 2.70. The van der Waals surface area contributed by atoms with Crippen molar-refractivity contribution in [3.8, 4) is 5.75 Å². The molecule has 0 radical (unpaired) electrons. The molecule has 0 bridgehead atoms. The molecule has 0 aliphatic carbocycles. The minimum absolute atomic E-state index is 0.0552. The van der Waals surface area contributed by atoms with Crippen LogP contribution >= 0.6 is 50.5 Å². The molecule has 1 N–H and O–H groups in total. The minimum Gasteiger partial charge on any atom is -0.497 e. The maximum atomic E-state index is 6.16. The molecule has 19 heavy (non-hydrogen) atoms. The van der Waals surface area contributed by atoms with E-state index in [0.29, 0.717) is 8.67 Å². The highest BCUT2D eigenvalue weighted by molar-refractivity contribution is 9.10. The lowest BCUT2D eigenvalue weighted by Gasteiger charge is -2.16. The standard InChI is InChI=1S/C13H12BrCl2NOS/c1-7(9-6-12(15)19-13(9)16)17-11-5-8(18-2)3-4-10(11)14/h3-7,17H,1-2H3. The van der Waals surface area contributed by atoms with E-state index in [1.807, 2.05) is 31.2 Å². The molecule has 1 aromatic heterocycles. The molecule has 2 aromatic rings. The molecule has 0 spiro atoms. The van der Waals surface area contributed by atoms with Gasteiger partial charge in [-0.2, -0.15) is 0 Å². The molecule has 0 saturated carbocycles. The summed E-state index contributed by atoms with van der Waals surface area (Å²) in [6.45, 7) is 2.04. The highest BCUT2D eigenvalue weighted by Gasteiger charge is 2.14. The number of rotatable bonds is 4. The third-order valence-corrected chi connectivity index (χ3v) is 4.90. The van der Waals surface area contributed by atoms with Crippen molar-refractivity contribution in [3.63, 3.8) is 0 Å². The molecule has 2 nitrogen and oxygen atoms in total. The molecule has 2 rings (SSSR count). The van der Waals surface area contributed by atoms with Gasteiger partial charge in [0, 0.05) is 16.1 Å². The molecule has 1 atom stereocenters. The first-order valence-electron chi connectivity index (χ1n) is 5.56. The van der Waals surface area contributed by atoms with Gasteiger partial charge in [0.1, 0.15) is 5.75 Å². The van der Waals surface area contributed by atoms with Crippen LogP contribution < -0.4 is 10.1 Å². The lowest BCUT2D eigenvalue weighted by molar-refractivity contribution is 0.415. The minimum atomic E-state index is 0.0552. The van der Waals surface area contributed by atoms with Gasteiger partial charge < -0.3 is 10.1 Å². The Balaban J connectivity index is 2.23. The van der Waals surface area contributed by atoms with Crippen LogP contribution in [0.4, 0.5) is 5.69 Å². The van der Waals surface area contributed by atoms with Crippen LogP contribution in [0.5, 0.6) is 5.75 Å². The van der Waals surface area contributed by atoms with E-state index < -0.39 is 0 Å². The smallest absolute Gasteiger partial charge is 0.121 e. The molecule has 0 saturated heterocycles. The predicted octanol–water partition coefficient (Wildman–Crippen LogP) is 6.00. The maximum Gasteiger partial charge on any atom is 0.121 e. The van der Waals surface area contributed by atoms with Crippen LogP contribution in [0.1, 0.15) is 18.5 Å². The summed E-state index contributed by atoms with van der Waals surface area (Å²) >= 11 is 17.0. The highest BCUT2D eigenvalue weighted by Crippen LogP contribution is 2.37. The van der Waals surface area contributed by atoms with Crippen molar-refractivity contribution in [1.29, 1.82) is 0 Å². The quantitative estimate of drug-likeness (QED) is 0.702. The molecular weight excluding hydrogens is 369 g/mol. The maximum absolute atomic E-state index is 6.16. The Morgan fingerprint density at radius 1 is 1.32 bits per heavy atom. The molecular formula is C13H12BrCl2NOS. The number of methoxy groups -OCH3 is 1. The molecule has 0 amide bonds. The Bertz CT molecular complexity index is 588. The first-order chi connectivity index (χ1) is 9.01. The summed E-state index contributed by atoms with van der Waals surface area (Å²) in [7, 11) is 1.64. The number of hydrogen-bond acceptors (Lipinski definition) is 3. The van der Waals surface area contributed by atoms with Crippen molar-refractivity contribution >= 4 is 56.2 Å². The first-order valence-corrected chi connectivity index (χ1v) is 7.92. The number of thiophene rings is 1. The highest BCUT2D eigenvalue weighted by atomic mass is 79.9. The number of anilines is 1. The number of benzene rings is 1. The van der Waals surface area contributed by atoms with Gasteiger partial charge in [-0.3, -0.25) is 0 Å². The van der Waals surface area contributed by atoms with E-state index in [9.17, 15) is 0 Å². The van der Waals surface area contributed by atoms with E-state index in [2.05, 4.69) is 21.2 Å². The number of nitrogens with one attached hydrogen (secondary N) is 1. The van der Waals surface area contributed by atoms with E-state index in [0.717, 1.165) is 21.5 Å². The summed E-state index contributed by atoms with van der Waals surface area (Å²) in [5.41, 5.74) is 1.94. The van der Waals surface area contributed by atoms with E-state index in [1.165, 1.54) is 11.3 Å². The Labute approximate surface area is 134 Å². The Morgan fingerprint density at radius 2 is 2.05 bits per heavy atom. The van der Waals surface area contributed by atoms with Gasteiger partial charge in [-0.1, -0.05) is 23.2 Å². The van der Waals surface area contributed by atoms with E-state index >= 15 is 0 Å². The second kappa shape index (κ2) is 6.35. The third kappa shape index (κ3) is 3.57. The molecule has 0 fully saturated rings. The topological polar surface area (TPSA) is 21.3 Å². The predicted molar refractivity (Wildman–Crippen MR) is 87.1 cm³/mol. The van der Waals surface area contributed by atoms with Gasteiger partial charge in [-0.25, -0.2) is 0 Å². The van der Waals surface area contributed by atoms with Crippen LogP contribution in [-0.4, -0.2) is 7.11 Å². The molecule has 1 heterocycles. The normalized spacial score (nSPS) is 12.3. The number of hydrogen-bond donors (Lipinski definition) is 1. The first kappa shape index (κ1) is 15.0. The SMILES string of the molecule is COc1ccc(Br)c(NC(C)c2cc(Cl)sc2Cl)c1. The summed E-state index contributed by atoms with van der Waals surface area (Å²) in [6, 6.07) is 7.72. The number of ether oxygens (including phenoxy) is 1. The molecule has 102 valence electrons. The van der Waals surface area contributed by atoms with Crippen LogP contribution in [0.2, 0.25) is 8.67 Å². The van der Waals surface area contributed by atoms with Gasteiger partial charge in [0.05, 0.1) is 27.5 Å². The van der Waals surface area contributed by atoms with Crippen molar-refractivity contribution < 1.29 is 4.74 Å². The van der Waals surface area contributed by atoms with Crippen molar-refractivity contribution in [1.82, 2.24) is 0 Å². The fourth-order valence-corrected chi connectivity index (χ4v) is 3.71. The van der Waals surface area contributed by atoms with Crippen LogP contribution in [0.3, 0.4) is 0 Å². The number of halogens is 3. The lowest BCUT2D eigenvalue weighted by Crippen LogP contribution is -2.06. The molecule has 1 unspecified atom stereocenters. The Morgan fingerprint density at radius 3 is 2.63 bits per heavy atom. The largest absolute Gasteiger partial charge is 0.497 e. The molecule has 1 aromatic carbocycles. The van der Waals surface area contributed by atoms with Gasteiger partial charge in [0.25, 0.3) is 0 Å². The van der Waals surface area contributed by atoms with Crippen molar-refractivity contribution in [3.05, 3.63) is 43.0 Å². The van der Waals surface area contributed by atoms with Gasteiger partial charge in [-0.05, 0) is 41.1 Å². The van der Waals surface area contributed by atoms with Crippen molar-refractivity contribution in [2.75, 3.05) is 12.4 Å². The zero-order valence-electron chi connectivity index (χ0n) is 10.3. The summed E-state index contributed by atoms with van der Waals surface area (Å²) < 4.78 is 7.59. The van der Waals surface area contributed by atoms with Gasteiger partial charge in [-0.15, -0.1) is 11.3 Å². The summed E-state index contributed by atoms with van der Waals surface area (Å²) in [5.74, 6) is 0.798. The summed E-state index contributed by atoms with van der Waals surface area (Å²) in [5, 5.41) is 3.39. The average Bonchev–Trinajstić information content (AvgIpc) is 2.71. The monoisotopic (exact) mass is 379 g/mol. The Hall–Kier alpha value is -0.420. The van der Waals surface area contributed by atoms with Crippen LogP contribution in [0.25, 0.3) is 0 Å². The second-order valence-corrected chi connectivity index (χ2v) is 7.13. The van der Waals surface area contributed by atoms with E-state index in [1.54, 1.807) is 7.11 Å². The van der Waals surface area contributed by atoms with Gasteiger partial charge in [0.15, 0.2) is 0 Å². The van der Waals surface area contributed by atoms with Crippen LogP contribution in [0, 0.1) is 0 Å². The van der Waals surface area contributed by atoms with E-state index in [4.69, 9.17) is 27.9 Å². The zero-order valence-corrected chi connectivity index (χ0v) is 14.3. The second-order valence-electron chi connectivity index (χ2n) is 3.99. The molecule has 0 aliphatic heterocycles. The van der Waals surface area contributed by atoms with Gasteiger partial charge >= 0.3 is 0 Å². The van der Waals surface area contributed by atoms with E-state index in [-0.39, 0.29) is 6.04 Å².